The van der Waals surface area contributed by atoms with Crippen LogP contribution in [-0.4, -0.2) is 25.0 Å². The third-order valence-corrected chi connectivity index (χ3v) is 2.34. The molecule has 1 aromatic rings. The summed E-state index contributed by atoms with van der Waals surface area (Å²) in [6.45, 7) is 3.52. The number of carbonyl (C=O) groups is 2. The van der Waals surface area contributed by atoms with Crippen LogP contribution in [0.2, 0.25) is 5.02 Å². The van der Waals surface area contributed by atoms with E-state index in [1.54, 1.807) is 25.1 Å². The van der Waals surface area contributed by atoms with Gasteiger partial charge in [0.15, 0.2) is 12.4 Å². The van der Waals surface area contributed by atoms with E-state index in [2.05, 4.69) is 0 Å². The Morgan fingerprint density at radius 1 is 1.53 bits per heavy atom. The Balaban J connectivity index is 2.87. The quantitative estimate of drug-likeness (QED) is 0.600. The summed E-state index contributed by atoms with van der Waals surface area (Å²) in [6.07, 6.45) is -0.187. The molecule has 0 aliphatic heterocycles. The van der Waals surface area contributed by atoms with Crippen molar-refractivity contribution in [2.75, 3.05) is 6.61 Å². The molecule has 0 bridgehead atoms. The van der Waals surface area contributed by atoms with Gasteiger partial charge < -0.3 is 9.47 Å². The van der Waals surface area contributed by atoms with Gasteiger partial charge in [0, 0.05) is 0 Å². The number of para-hydroxylation sites is 1. The van der Waals surface area contributed by atoms with E-state index in [4.69, 9.17) is 21.1 Å². The fraction of sp³-hybridized carbons (Fsp3) is 0.333. The van der Waals surface area contributed by atoms with E-state index in [0.717, 1.165) is 0 Å². The van der Waals surface area contributed by atoms with Crippen LogP contribution in [0, 0.1) is 0 Å². The van der Waals surface area contributed by atoms with Crippen molar-refractivity contribution < 1.29 is 19.1 Å². The fourth-order valence-electron chi connectivity index (χ4n) is 1.23. The molecule has 0 heterocycles. The average Bonchev–Trinajstić information content (AvgIpc) is 2.31. The van der Waals surface area contributed by atoms with Crippen molar-refractivity contribution in [2.24, 2.45) is 0 Å². The molecule has 0 saturated carbocycles. The van der Waals surface area contributed by atoms with Gasteiger partial charge in [-0.05, 0) is 26.0 Å². The van der Waals surface area contributed by atoms with Crippen molar-refractivity contribution in [3.8, 4) is 5.75 Å². The standard InChI is InChI=1S/C12H13ClO4/c1-3-16-12(15)8(2)17-11-9(7-14)5-4-6-10(11)13/h4-8H,3H2,1-2H3/t8-/m1/s1. The largest absolute Gasteiger partial charge is 0.477 e. The van der Waals surface area contributed by atoms with Crippen molar-refractivity contribution in [1.29, 1.82) is 0 Å². The molecular formula is C12H13ClO4. The topological polar surface area (TPSA) is 52.6 Å². The predicted molar refractivity (Wildman–Crippen MR) is 63.6 cm³/mol. The summed E-state index contributed by atoms with van der Waals surface area (Å²) in [6, 6.07) is 4.78. The summed E-state index contributed by atoms with van der Waals surface area (Å²) < 4.78 is 10.1. The Morgan fingerprint density at radius 3 is 2.82 bits per heavy atom. The molecule has 0 aliphatic carbocycles. The summed E-state index contributed by atoms with van der Waals surface area (Å²) in [5, 5.41) is 0.283. The molecule has 0 amide bonds. The van der Waals surface area contributed by atoms with Crippen LogP contribution >= 0.6 is 11.6 Å². The molecule has 0 N–H and O–H groups in total. The van der Waals surface area contributed by atoms with Crippen molar-refractivity contribution in [2.45, 2.75) is 20.0 Å². The molecule has 0 aliphatic rings. The fourth-order valence-corrected chi connectivity index (χ4v) is 1.45. The maximum absolute atomic E-state index is 11.4. The number of ether oxygens (including phenoxy) is 2. The maximum Gasteiger partial charge on any atom is 0.347 e. The van der Waals surface area contributed by atoms with Gasteiger partial charge in [0.2, 0.25) is 0 Å². The molecule has 92 valence electrons. The maximum atomic E-state index is 11.4. The normalized spacial score (nSPS) is 11.7. The Kier molecular flexibility index (Phi) is 4.97. The van der Waals surface area contributed by atoms with Gasteiger partial charge in [0.05, 0.1) is 17.2 Å². The highest BCUT2D eigenvalue weighted by molar-refractivity contribution is 6.32. The highest BCUT2D eigenvalue weighted by atomic mass is 35.5. The second-order valence-corrected chi connectivity index (χ2v) is 3.70. The molecule has 17 heavy (non-hydrogen) atoms. The molecule has 1 rings (SSSR count). The van der Waals surface area contributed by atoms with Crippen LogP contribution in [0.25, 0.3) is 0 Å². The third kappa shape index (κ3) is 3.46. The van der Waals surface area contributed by atoms with Crippen LogP contribution in [0.1, 0.15) is 24.2 Å². The second-order valence-electron chi connectivity index (χ2n) is 3.29. The second kappa shape index (κ2) is 6.25. The number of hydrogen-bond acceptors (Lipinski definition) is 4. The molecule has 1 atom stereocenters. The summed E-state index contributed by atoms with van der Waals surface area (Å²) in [4.78, 5) is 22.2. The minimum atomic E-state index is -0.812. The van der Waals surface area contributed by atoms with Gasteiger partial charge in [-0.1, -0.05) is 17.7 Å². The molecule has 5 heteroatoms. The van der Waals surface area contributed by atoms with Gasteiger partial charge in [-0.15, -0.1) is 0 Å². The van der Waals surface area contributed by atoms with Gasteiger partial charge in [-0.25, -0.2) is 4.79 Å². The van der Waals surface area contributed by atoms with Crippen LogP contribution in [0.5, 0.6) is 5.75 Å². The van der Waals surface area contributed by atoms with E-state index in [1.807, 2.05) is 0 Å². The van der Waals surface area contributed by atoms with Crippen LogP contribution in [0.4, 0.5) is 0 Å². The molecule has 0 fully saturated rings. The summed E-state index contributed by atoms with van der Waals surface area (Å²) in [5.74, 6) is -0.297. The number of benzene rings is 1. The first-order valence-electron chi connectivity index (χ1n) is 5.17. The molecule has 0 aromatic heterocycles. The van der Waals surface area contributed by atoms with Crippen molar-refractivity contribution in [1.82, 2.24) is 0 Å². The zero-order valence-corrected chi connectivity index (χ0v) is 10.4. The van der Waals surface area contributed by atoms with Crippen LogP contribution in [-0.2, 0) is 9.53 Å². The van der Waals surface area contributed by atoms with E-state index in [0.29, 0.717) is 11.8 Å². The summed E-state index contributed by atoms with van der Waals surface area (Å²) in [5.41, 5.74) is 0.300. The van der Waals surface area contributed by atoms with E-state index < -0.39 is 12.1 Å². The Morgan fingerprint density at radius 2 is 2.24 bits per heavy atom. The minimum Gasteiger partial charge on any atom is -0.477 e. The number of aldehydes is 1. The van der Waals surface area contributed by atoms with Gasteiger partial charge in [-0.3, -0.25) is 4.79 Å². The van der Waals surface area contributed by atoms with E-state index in [-0.39, 0.29) is 17.4 Å². The lowest BCUT2D eigenvalue weighted by Crippen LogP contribution is -2.26. The molecule has 0 unspecified atom stereocenters. The third-order valence-electron chi connectivity index (χ3n) is 2.04. The zero-order chi connectivity index (χ0) is 12.8. The number of carbonyl (C=O) groups excluding carboxylic acids is 2. The molecule has 0 radical (unpaired) electrons. The van der Waals surface area contributed by atoms with Gasteiger partial charge in [0.25, 0.3) is 0 Å². The van der Waals surface area contributed by atoms with Crippen molar-refractivity contribution in [3.05, 3.63) is 28.8 Å². The lowest BCUT2D eigenvalue weighted by molar-refractivity contribution is -0.150. The zero-order valence-electron chi connectivity index (χ0n) is 9.60. The van der Waals surface area contributed by atoms with Gasteiger partial charge in [0.1, 0.15) is 5.75 Å². The molecule has 0 spiro atoms. The Bertz CT molecular complexity index is 417. The lowest BCUT2D eigenvalue weighted by Gasteiger charge is -2.15. The van der Waals surface area contributed by atoms with Crippen molar-refractivity contribution >= 4 is 23.9 Å². The highest BCUT2D eigenvalue weighted by Gasteiger charge is 2.18. The van der Waals surface area contributed by atoms with Gasteiger partial charge in [-0.2, -0.15) is 0 Å². The van der Waals surface area contributed by atoms with Gasteiger partial charge >= 0.3 is 5.97 Å². The molecule has 4 nitrogen and oxygen atoms in total. The number of rotatable bonds is 5. The van der Waals surface area contributed by atoms with E-state index in [9.17, 15) is 9.59 Å². The van der Waals surface area contributed by atoms with Crippen LogP contribution < -0.4 is 4.74 Å². The number of esters is 1. The SMILES string of the molecule is CCOC(=O)[C@@H](C)Oc1c(Cl)cccc1C=O. The first-order valence-corrected chi connectivity index (χ1v) is 5.55. The first-order chi connectivity index (χ1) is 8.10. The van der Waals surface area contributed by atoms with Crippen molar-refractivity contribution in [3.63, 3.8) is 0 Å². The Hall–Kier alpha value is -1.55. The number of hydrogen-bond donors (Lipinski definition) is 0. The monoisotopic (exact) mass is 256 g/mol. The average molecular weight is 257 g/mol. The summed E-state index contributed by atoms with van der Waals surface area (Å²) >= 11 is 5.90. The molecule has 0 saturated heterocycles. The highest BCUT2D eigenvalue weighted by Crippen LogP contribution is 2.28. The predicted octanol–water partition coefficient (Wildman–Crippen LogP) is 2.48. The molecular weight excluding hydrogens is 244 g/mol. The molecule has 1 aromatic carbocycles. The summed E-state index contributed by atoms with van der Waals surface area (Å²) in [7, 11) is 0. The van der Waals surface area contributed by atoms with Crippen LogP contribution in [0.15, 0.2) is 18.2 Å². The number of halogens is 1. The van der Waals surface area contributed by atoms with Crippen LogP contribution in [0.3, 0.4) is 0 Å². The van der Waals surface area contributed by atoms with E-state index >= 15 is 0 Å². The first kappa shape index (κ1) is 13.5. The smallest absolute Gasteiger partial charge is 0.347 e. The minimum absolute atomic E-state index is 0.199. The Labute approximate surface area is 104 Å². The van der Waals surface area contributed by atoms with E-state index in [1.165, 1.54) is 6.92 Å². The lowest BCUT2D eigenvalue weighted by atomic mass is 10.2.